The lowest BCUT2D eigenvalue weighted by Gasteiger charge is -2.23. The number of sulfonamides is 1. The normalized spacial score (nSPS) is 14.5. The van der Waals surface area contributed by atoms with E-state index in [9.17, 15) is 13.2 Å². The minimum absolute atomic E-state index is 0.111. The molecule has 1 aliphatic rings. The number of benzene rings is 2. The Balaban J connectivity index is 1.81. The van der Waals surface area contributed by atoms with Gasteiger partial charge in [-0.25, -0.2) is 8.42 Å². The van der Waals surface area contributed by atoms with Crippen LogP contribution in [-0.2, 0) is 14.8 Å². The molecule has 7 heteroatoms. The van der Waals surface area contributed by atoms with Gasteiger partial charge in [-0.1, -0.05) is 43.9 Å². The first-order valence-corrected chi connectivity index (χ1v) is 12.0. The fourth-order valence-corrected chi connectivity index (χ4v) is 5.51. The predicted molar refractivity (Wildman–Crippen MR) is 119 cm³/mol. The lowest BCUT2D eigenvalue weighted by molar-refractivity contribution is -0.116. The van der Waals surface area contributed by atoms with Gasteiger partial charge in [0.05, 0.1) is 23.4 Å². The van der Waals surface area contributed by atoms with E-state index in [2.05, 4.69) is 5.32 Å². The average Bonchev–Trinajstić information content (AvgIpc) is 3.27. The van der Waals surface area contributed by atoms with Crippen LogP contribution in [0.1, 0.15) is 45.4 Å². The number of hydrogen-bond donors (Lipinski definition) is 1. The fraction of sp³-hybridized carbons (Fsp3) is 0.435. The highest BCUT2D eigenvalue weighted by Crippen LogP contribution is 2.32. The number of hydrogen-bond acceptors (Lipinski definition) is 4. The smallest absolute Gasteiger partial charge is 0.264 e. The van der Waals surface area contributed by atoms with E-state index in [0.717, 1.165) is 6.42 Å². The summed E-state index contributed by atoms with van der Waals surface area (Å²) in [6, 6.07) is 13.5. The zero-order valence-corrected chi connectivity index (χ0v) is 18.5. The Hall–Kier alpha value is -2.54. The summed E-state index contributed by atoms with van der Waals surface area (Å²) >= 11 is 0. The largest absolute Gasteiger partial charge is 0.495 e. The molecule has 2 aromatic carbocycles. The van der Waals surface area contributed by atoms with Gasteiger partial charge in [0.1, 0.15) is 5.75 Å². The Labute approximate surface area is 179 Å². The molecule has 1 fully saturated rings. The molecule has 0 atom stereocenters. The number of ether oxygens (including phenoxy) is 1. The Bertz CT molecular complexity index is 954. The maximum Gasteiger partial charge on any atom is 0.264 e. The van der Waals surface area contributed by atoms with Crippen molar-refractivity contribution < 1.29 is 17.9 Å². The number of amides is 1. The first kappa shape index (κ1) is 22.2. The Morgan fingerprint density at radius 1 is 1.13 bits per heavy atom. The molecule has 1 N–H and O–H groups in total. The molecule has 0 unspecified atom stereocenters. The van der Waals surface area contributed by atoms with E-state index in [-0.39, 0.29) is 10.8 Å². The van der Waals surface area contributed by atoms with E-state index >= 15 is 0 Å². The fourth-order valence-electron chi connectivity index (χ4n) is 4.00. The van der Waals surface area contributed by atoms with Crippen molar-refractivity contribution in [1.29, 1.82) is 0 Å². The van der Waals surface area contributed by atoms with Gasteiger partial charge in [0.15, 0.2) is 0 Å². The highest BCUT2D eigenvalue weighted by Gasteiger charge is 2.25. The number of carbonyl (C=O) groups is 1. The predicted octanol–water partition coefficient (Wildman–Crippen LogP) is 4.82. The van der Waals surface area contributed by atoms with Crippen molar-refractivity contribution in [3.05, 3.63) is 48.5 Å². The van der Waals surface area contributed by atoms with Gasteiger partial charge in [-0.3, -0.25) is 9.10 Å². The monoisotopic (exact) mass is 430 g/mol. The molecule has 0 aliphatic heterocycles. The quantitative estimate of drug-likeness (QED) is 0.619. The molecule has 30 heavy (non-hydrogen) atoms. The molecule has 2 aromatic rings. The zero-order valence-electron chi connectivity index (χ0n) is 17.6. The third kappa shape index (κ3) is 5.14. The highest BCUT2D eigenvalue weighted by molar-refractivity contribution is 7.92. The van der Waals surface area contributed by atoms with Crippen molar-refractivity contribution in [2.24, 2.45) is 5.92 Å². The molecule has 0 saturated heterocycles. The number of para-hydroxylation sites is 1. The van der Waals surface area contributed by atoms with Gasteiger partial charge in [0.25, 0.3) is 10.0 Å². The number of methoxy groups -OCH3 is 1. The van der Waals surface area contributed by atoms with E-state index in [1.807, 2.05) is 6.07 Å². The molecule has 1 amide bonds. The van der Waals surface area contributed by atoms with Crippen LogP contribution >= 0.6 is 0 Å². The molecule has 0 bridgehead atoms. The van der Waals surface area contributed by atoms with Gasteiger partial charge < -0.3 is 10.1 Å². The van der Waals surface area contributed by atoms with Crippen LogP contribution in [-0.4, -0.2) is 28.0 Å². The van der Waals surface area contributed by atoms with Crippen molar-refractivity contribution in [2.75, 3.05) is 23.3 Å². The van der Waals surface area contributed by atoms with Gasteiger partial charge in [-0.05, 0) is 49.6 Å². The first-order chi connectivity index (χ1) is 14.5. The van der Waals surface area contributed by atoms with Crippen LogP contribution in [0.3, 0.4) is 0 Å². The standard InChI is InChI=1S/C23H30N2O4S/c1-3-25(19-11-5-4-6-12-19)30(27,28)20-14-15-22(29-2)21(17-20)24-23(26)16-13-18-9-7-8-10-18/h4-6,11-12,14-15,17-18H,3,7-10,13,16H2,1-2H3,(H,24,26). The summed E-state index contributed by atoms with van der Waals surface area (Å²) in [6.45, 7) is 2.08. The van der Waals surface area contributed by atoms with E-state index in [1.165, 1.54) is 49.2 Å². The van der Waals surface area contributed by atoms with Gasteiger partial charge in [-0.15, -0.1) is 0 Å². The molecule has 3 rings (SSSR count). The van der Waals surface area contributed by atoms with Gasteiger partial charge in [0, 0.05) is 13.0 Å². The van der Waals surface area contributed by atoms with Crippen LogP contribution in [0.25, 0.3) is 0 Å². The van der Waals surface area contributed by atoms with Crippen molar-refractivity contribution in [2.45, 2.75) is 50.3 Å². The van der Waals surface area contributed by atoms with E-state index in [4.69, 9.17) is 4.74 Å². The van der Waals surface area contributed by atoms with Crippen LogP contribution in [0.4, 0.5) is 11.4 Å². The second-order valence-electron chi connectivity index (χ2n) is 7.60. The van der Waals surface area contributed by atoms with Crippen molar-refractivity contribution in [3.63, 3.8) is 0 Å². The minimum Gasteiger partial charge on any atom is -0.495 e. The van der Waals surface area contributed by atoms with Crippen LogP contribution in [0.5, 0.6) is 5.75 Å². The number of carbonyl (C=O) groups excluding carboxylic acids is 1. The number of nitrogens with one attached hydrogen (secondary N) is 1. The Kier molecular flexibility index (Phi) is 7.37. The summed E-state index contributed by atoms with van der Waals surface area (Å²) in [5, 5.41) is 2.85. The third-order valence-electron chi connectivity index (χ3n) is 5.62. The second-order valence-corrected chi connectivity index (χ2v) is 9.47. The number of anilines is 2. The molecule has 0 spiro atoms. The summed E-state index contributed by atoms with van der Waals surface area (Å²) in [7, 11) is -2.29. The van der Waals surface area contributed by atoms with Crippen LogP contribution in [0, 0.1) is 5.92 Å². The molecule has 0 radical (unpaired) electrons. The van der Waals surface area contributed by atoms with E-state index < -0.39 is 10.0 Å². The highest BCUT2D eigenvalue weighted by atomic mass is 32.2. The van der Waals surface area contributed by atoms with Crippen LogP contribution in [0.15, 0.2) is 53.4 Å². The van der Waals surface area contributed by atoms with Crippen molar-refractivity contribution in [1.82, 2.24) is 0 Å². The lowest BCUT2D eigenvalue weighted by Crippen LogP contribution is -2.30. The molecule has 0 heterocycles. The summed E-state index contributed by atoms with van der Waals surface area (Å²) in [4.78, 5) is 12.6. The summed E-state index contributed by atoms with van der Waals surface area (Å²) < 4.78 is 33.2. The maximum absolute atomic E-state index is 13.3. The molecule has 0 aromatic heterocycles. The minimum atomic E-state index is -3.79. The summed E-state index contributed by atoms with van der Waals surface area (Å²) in [6.07, 6.45) is 6.16. The zero-order chi connectivity index (χ0) is 21.6. The molecule has 1 aliphatic carbocycles. The number of rotatable bonds is 9. The van der Waals surface area contributed by atoms with E-state index in [0.29, 0.717) is 36.0 Å². The van der Waals surface area contributed by atoms with Gasteiger partial charge in [-0.2, -0.15) is 0 Å². The third-order valence-corrected chi connectivity index (χ3v) is 7.52. The first-order valence-electron chi connectivity index (χ1n) is 10.5. The van der Waals surface area contributed by atoms with Gasteiger partial charge in [0.2, 0.25) is 5.91 Å². The van der Waals surface area contributed by atoms with Crippen LogP contribution in [0.2, 0.25) is 0 Å². The average molecular weight is 431 g/mol. The van der Waals surface area contributed by atoms with Crippen molar-refractivity contribution >= 4 is 27.3 Å². The molecule has 6 nitrogen and oxygen atoms in total. The SMILES string of the molecule is CCN(c1ccccc1)S(=O)(=O)c1ccc(OC)c(NC(=O)CCC2CCCC2)c1. The molecule has 162 valence electrons. The number of nitrogens with zero attached hydrogens (tertiary/aromatic N) is 1. The molecular weight excluding hydrogens is 400 g/mol. The van der Waals surface area contributed by atoms with Crippen LogP contribution < -0.4 is 14.4 Å². The van der Waals surface area contributed by atoms with Crippen molar-refractivity contribution in [3.8, 4) is 5.75 Å². The summed E-state index contributed by atoms with van der Waals surface area (Å²) in [5.74, 6) is 0.935. The Morgan fingerprint density at radius 2 is 1.83 bits per heavy atom. The maximum atomic E-state index is 13.3. The topological polar surface area (TPSA) is 75.7 Å². The second kappa shape index (κ2) is 9.98. The van der Waals surface area contributed by atoms with E-state index in [1.54, 1.807) is 37.3 Å². The van der Waals surface area contributed by atoms with Gasteiger partial charge >= 0.3 is 0 Å². The molecule has 1 saturated carbocycles. The Morgan fingerprint density at radius 3 is 2.47 bits per heavy atom. The summed E-state index contributed by atoms with van der Waals surface area (Å²) in [5.41, 5.74) is 0.970. The lowest BCUT2D eigenvalue weighted by atomic mass is 10.0. The molecular formula is C23H30N2O4S.